The molecule has 1 aliphatic heterocycles. The van der Waals surface area contributed by atoms with E-state index < -0.39 is 0 Å². The number of aryl methyl sites for hydroxylation is 1. The number of hydrogen-bond donors (Lipinski definition) is 1. The lowest BCUT2D eigenvalue weighted by Gasteiger charge is -2.27. The van der Waals surface area contributed by atoms with Gasteiger partial charge in [0.15, 0.2) is 0 Å². The van der Waals surface area contributed by atoms with Crippen LogP contribution in [0.25, 0.3) is 0 Å². The molecule has 2 rings (SSSR count). The Kier molecular flexibility index (Phi) is 1.77. The zero-order valence-corrected chi connectivity index (χ0v) is 7.08. The third kappa shape index (κ3) is 1.08. The largest absolute Gasteiger partial charge is 0.507 e. The first-order valence-electron chi connectivity index (χ1n) is 4.15. The van der Waals surface area contributed by atoms with Crippen LogP contribution in [0, 0.1) is 6.92 Å². The van der Waals surface area contributed by atoms with Gasteiger partial charge >= 0.3 is 0 Å². The summed E-state index contributed by atoms with van der Waals surface area (Å²) in [5.74, 6) is 0.843. The second-order valence-electron chi connectivity index (χ2n) is 3.25. The van der Waals surface area contributed by atoms with Gasteiger partial charge in [-0.2, -0.15) is 0 Å². The van der Waals surface area contributed by atoms with Crippen LogP contribution < -0.4 is 0 Å². The van der Waals surface area contributed by atoms with E-state index in [4.69, 9.17) is 4.74 Å². The summed E-state index contributed by atoms with van der Waals surface area (Å²) in [6.45, 7) is 3.41. The Morgan fingerprint density at radius 1 is 1.42 bits per heavy atom. The topological polar surface area (TPSA) is 29.5 Å². The Morgan fingerprint density at radius 3 is 2.75 bits per heavy atom. The number of aromatic hydroxyl groups is 1. The fourth-order valence-electron chi connectivity index (χ4n) is 1.43. The van der Waals surface area contributed by atoms with E-state index in [1.54, 1.807) is 0 Å². The van der Waals surface area contributed by atoms with Crippen LogP contribution in [0.2, 0.25) is 0 Å². The van der Waals surface area contributed by atoms with Crippen molar-refractivity contribution >= 4 is 0 Å². The van der Waals surface area contributed by atoms with Crippen molar-refractivity contribution in [1.29, 1.82) is 0 Å². The minimum absolute atomic E-state index is 0.407. The quantitative estimate of drug-likeness (QED) is 0.686. The van der Waals surface area contributed by atoms with Crippen molar-refractivity contribution in [2.24, 2.45) is 0 Å². The maximum atomic E-state index is 9.68. The van der Waals surface area contributed by atoms with E-state index in [0.717, 1.165) is 24.3 Å². The molecule has 0 unspecified atom stereocenters. The van der Waals surface area contributed by atoms with Crippen LogP contribution in [0.4, 0.5) is 0 Å². The summed E-state index contributed by atoms with van der Waals surface area (Å²) in [5.41, 5.74) is 1.97. The van der Waals surface area contributed by atoms with Gasteiger partial charge in [-0.1, -0.05) is 18.2 Å². The second kappa shape index (κ2) is 2.79. The van der Waals surface area contributed by atoms with Crippen molar-refractivity contribution in [3.63, 3.8) is 0 Å². The Hall–Kier alpha value is -1.02. The van der Waals surface area contributed by atoms with Crippen LogP contribution in [0.15, 0.2) is 18.2 Å². The first kappa shape index (κ1) is 7.62. The molecule has 1 saturated heterocycles. The molecule has 1 heterocycles. The maximum absolute atomic E-state index is 9.68. The van der Waals surface area contributed by atoms with Gasteiger partial charge in [-0.15, -0.1) is 0 Å². The number of para-hydroxylation sites is 1. The maximum Gasteiger partial charge on any atom is 0.122 e. The van der Waals surface area contributed by atoms with E-state index >= 15 is 0 Å². The van der Waals surface area contributed by atoms with Crippen LogP contribution in [0.1, 0.15) is 17.0 Å². The molecule has 0 amide bonds. The molecular weight excluding hydrogens is 152 g/mol. The molecule has 1 aromatic carbocycles. The fraction of sp³-hybridized carbons (Fsp3) is 0.400. The highest BCUT2D eigenvalue weighted by Crippen LogP contribution is 2.32. The van der Waals surface area contributed by atoms with Crippen LogP contribution in [0.5, 0.6) is 5.75 Å². The lowest BCUT2D eigenvalue weighted by Crippen LogP contribution is -2.25. The molecule has 1 fully saturated rings. The third-order valence-electron chi connectivity index (χ3n) is 2.35. The summed E-state index contributed by atoms with van der Waals surface area (Å²) >= 11 is 0. The Morgan fingerprint density at radius 2 is 2.17 bits per heavy atom. The molecule has 1 aromatic rings. The van der Waals surface area contributed by atoms with E-state index in [1.807, 2.05) is 25.1 Å². The smallest absolute Gasteiger partial charge is 0.122 e. The Balaban J connectivity index is 2.36. The second-order valence-corrected chi connectivity index (χ2v) is 3.25. The molecule has 2 nitrogen and oxygen atoms in total. The molecule has 0 saturated carbocycles. The summed E-state index contributed by atoms with van der Waals surface area (Å²) in [6.07, 6.45) is 0. The Labute approximate surface area is 71.8 Å². The molecule has 0 aliphatic carbocycles. The Bertz CT molecular complexity index is 290. The highest BCUT2D eigenvalue weighted by Gasteiger charge is 2.23. The highest BCUT2D eigenvalue weighted by molar-refractivity contribution is 5.42. The van der Waals surface area contributed by atoms with E-state index in [1.165, 1.54) is 0 Å². The molecule has 1 aliphatic rings. The minimum Gasteiger partial charge on any atom is -0.507 e. The first-order valence-corrected chi connectivity index (χ1v) is 4.15. The normalized spacial score (nSPS) is 17.4. The van der Waals surface area contributed by atoms with Gasteiger partial charge in [0.05, 0.1) is 13.2 Å². The predicted molar refractivity (Wildman–Crippen MR) is 46.4 cm³/mol. The molecule has 2 heteroatoms. The van der Waals surface area contributed by atoms with Gasteiger partial charge in [-0.25, -0.2) is 0 Å². The number of phenols is 1. The summed E-state index contributed by atoms with van der Waals surface area (Å²) in [6, 6.07) is 5.86. The molecule has 0 spiro atoms. The van der Waals surface area contributed by atoms with E-state index in [0.29, 0.717) is 11.7 Å². The molecule has 64 valence electrons. The molecule has 0 aromatic heterocycles. The average molecular weight is 164 g/mol. The zero-order valence-electron chi connectivity index (χ0n) is 7.08. The third-order valence-corrected chi connectivity index (χ3v) is 2.35. The number of ether oxygens (including phenoxy) is 1. The number of hydrogen-bond acceptors (Lipinski definition) is 2. The number of benzene rings is 1. The lowest BCUT2D eigenvalue weighted by atomic mass is 9.95. The van der Waals surface area contributed by atoms with Gasteiger partial charge in [0, 0.05) is 11.5 Å². The summed E-state index contributed by atoms with van der Waals surface area (Å²) in [5, 5.41) is 9.68. The molecule has 0 radical (unpaired) electrons. The van der Waals surface area contributed by atoms with Crippen LogP contribution in [0.3, 0.4) is 0 Å². The SMILES string of the molecule is Cc1cccc(C2COC2)c1O. The lowest BCUT2D eigenvalue weighted by molar-refractivity contribution is 0.00751. The van der Waals surface area contributed by atoms with Crippen LogP contribution in [-0.2, 0) is 4.74 Å². The van der Waals surface area contributed by atoms with Gasteiger partial charge in [0.2, 0.25) is 0 Å². The van der Waals surface area contributed by atoms with E-state index in [-0.39, 0.29) is 0 Å². The van der Waals surface area contributed by atoms with Gasteiger partial charge in [0.1, 0.15) is 5.75 Å². The zero-order chi connectivity index (χ0) is 8.55. The average Bonchev–Trinajstić information content (AvgIpc) is 1.95. The fourth-order valence-corrected chi connectivity index (χ4v) is 1.43. The summed E-state index contributed by atoms with van der Waals surface area (Å²) in [4.78, 5) is 0. The van der Waals surface area contributed by atoms with Crippen molar-refractivity contribution in [3.05, 3.63) is 29.3 Å². The van der Waals surface area contributed by atoms with Crippen LogP contribution in [-0.4, -0.2) is 18.3 Å². The summed E-state index contributed by atoms with van der Waals surface area (Å²) < 4.78 is 5.07. The minimum atomic E-state index is 0.407. The van der Waals surface area contributed by atoms with Gasteiger partial charge in [-0.3, -0.25) is 0 Å². The van der Waals surface area contributed by atoms with Crippen molar-refractivity contribution < 1.29 is 9.84 Å². The number of phenolic OH excluding ortho intramolecular Hbond substituents is 1. The molecule has 0 bridgehead atoms. The van der Waals surface area contributed by atoms with Crippen molar-refractivity contribution in [3.8, 4) is 5.75 Å². The molecule has 1 N–H and O–H groups in total. The van der Waals surface area contributed by atoms with Crippen LogP contribution >= 0.6 is 0 Å². The van der Waals surface area contributed by atoms with Gasteiger partial charge < -0.3 is 9.84 Å². The molecule has 12 heavy (non-hydrogen) atoms. The first-order chi connectivity index (χ1) is 5.79. The summed E-state index contributed by atoms with van der Waals surface area (Å²) in [7, 11) is 0. The predicted octanol–water partition coefficient (Wildman–Crippen LogP) is 1.81. The van der Waals surface area contributed by atoms with Crippen molar-refractivity contribution in [2.75, 3.05) is 13.2 Å². The standard InChI is InChI=1S/C10H12O2/c1-7-3-2-4-9(10(7)11)8-5-12-6-8/h2-4,8,11H,5-6H2,1H3. The van der Waals surface area contributed by atoms with E-state index in [9.17, 15) is 5.11 Å². The highest BCUT2D eigenvalue weighted by atomic mass is 16.5. The molecule has 0 atom stereocenters. The monoisotopic (exact) mass is 164 g/mol. The molecular formula is C10H12O2. The van der Waals surface area contributed by atoms with Gasteiger partial charge in [0.25, 0.3) is 0 Å². The van der Waals surface area contributed by atoms with Crippen molar-refractivity contribution in [2.45, 2.75) is 12.8 Å². The van der Waals surface area contributed by atoms with Gasteiger partial charge in [-0.05, 0) is 12.5 Å². The van der Waals surface area contributed by atoms with Crippen molar-refractivity contribution in [1.82, 2.24) is 0 Å². The number of rotatable bonds is 1. The van der Waals surface area contributed by atoms with E-state index in [2.05, 4.69) is 0 Å².